The second-order valence-electron chi connectivity index (χ2n) is 8.90. The molecule has 0 N–H and O–H groups in total. The van der Waals surface area contributed by atoms with Gasteiger partial charge in [-0.1, -0.05) is 20.8 Å². The van der Waals surface area contributed by atoms with E-state index in [1.807, 2.05) is 20.8 Å². The first kappa shape index (κ1) is 21.0. The number of aryl methyl sites for hydroxylation is 1. The number of hydrogen-bond donors (Lipinski definition) is 0. The van der Waals surface area contributed by atoms with E-state index < -0.39 is 15.9 Å². The fourth-order valence-electron chi connectivity index (χ4n) is 3.93. The van der Waals surface area contributed by atoms with Crippen molar-refractivity contribution in [1.82, 2.24) is 14.1 Å². The van der Waals surface area contributed by atoms with Gasteiger partial charge in [-0.15, -0.1) is 0 Å². The molecule has 30 heavy (non-hydrogen) atoms. The number of aromatic nitrogens is 1. The minimum atomic E-state index is -3.74. The minimum absolute atomic E-state index is 0.0827. The summed E-state index contributed by atoms with van der Waals surface area (Å²) in [4.78, 5) is 32.0. The Morgan fingerprint density at radius 3 is 2.33 bits per heavy atom. The van der Waals surface area contributed by atoms with E-state index in [9.17, 15) is 18.0 Å². The number of morpholine rings is 1. The molecule has 2 aliphatic heterocycles. The molecule has 0 spiro atoms. The molecule has 0 unspecified atom stereocenters. The monoisotopic (exact) mass is 429 g/mol. The second-order valence-corrected chi connectivity index (χ2v) is 10.8. The maximum absolute atomic E-state index is 13.2. The normalized spacial score (nSPS) is 18.2. The molecule has 1 aromatic carbocycles. The number of pyridine rings is 1. The Hall–Kier alpha value is -2.30. The number of sulfonamides is 1. The van der Waals surface area contributed by atoms with Gasteiger partial charge in [0.2, 0.25) is 15.9 Å². The summed E-state index contributed by atoms with van der Waals surface area (Å²) in [5.41, 5.74) is 1.46. The average Bonchev–Trinajstić information content (AvgIpc) is 2.93. The van der Waals surface area contributed by atoms with E-state index in [4.69, 9.17) is 4.74 Å². The van der Waals surface area contributed by atoms with Gasteiger partial charge in [0, 0.05) is 18.5 Å². The molecule has 2 aromatic rings. The molecule has 0 saturated carbocycles. The number of ether oxygens (including phenoxy) is 1. The number of benzene rings is 1. The maximum Gasteiger partial charge on any atom is 0.256 e. The van der Waals surface area contributed by atoms with E-state index in [-0.39, 0.29) is 47.7 Å². The number of carbonyl (C=O) groups excluding carboxylic acids is 2. The first-order chi connectivity index (χ1) is 14.0. The van der Waals surface area contributed by atoms with Crippen LogP contribution in [0.15, 0.2) is 23.1 Å². The van der Waals surface area contributed by atoms with Gasteiger partial charge >= 0.3 is 0 Å². The quantitative estimate of drug-likeness (QED) is 0.545. The van der Waals surface area contributed by atoms with Crippen LogP contribution in [0.25, 0.3) is 10.9 Å². The lowest BCUT2D eigenvalue weighted by Gasteiger charge is -2.26. The van der Waals surface area contributed by atoms with Gasteiger partial charge in [-0.2, -0.15) is 4.31 Å². The van der Waals surface area contributed by atoms with Crippen LogP contribution < -0.4 is 0 Å². The van der Waals surface area contributed by atoms with E-state index in [2.05, 4.69) is 4.98 Å². The van der Waals surface area contributed by atoms with Crippen LogP contribution in [0.2, 0.25) is 5.31 Å². The fourth-order valence-corrected chi connectivity index (χ4v) is 5.36. The molecule has 158 valence electrons. The summed E-state index contributed by atoms with van der Waals surface area (Å²) in [6, 6.07) is 4.57. The van der Waals surface area contributed by atoms with Crippen LogP contribution in [0.3, 0.4) is 0 Å². The highest BCUT2D eigenvalue weighted by atomic mass is 32.2. The molecular formula is C20H24BN3O5S. The van der Waals surface area contributed by atoms with Crippen LogP contribution in [0.4, 0.5) is 0 Å². The molecule has 0 aliphatic carbocycles. The van der Waals surface area contributed by atoms with E-state index in [1.54, 1.807) is 13.0 Å². The number of nitrogens with zero attached hydrogens (tertiary/aromatic N) is 3. The smallest absolute Gasteiger partial charge is 0.256 e. The highest BCUT2D eigenvalue weighted by molar-refractivity contribution is 7.89. The molecule has 1 aromatic heterocycles. The highest BCUT2D eigenvalue weighted by Crippen LogP contribution is 2.35. The maximum atomic E-state index is 13.2. The van der Waals surface area contributed by atoms with Crippen LogP contribution >= 0.6 is 0 Å². The van der Waals surface area contributed by atoms with Crippen LogP contribution in [0.1, 0.15) is 47.2 Å². The molecule has 3 heterocycles. The Balaban J connectivity index is 1.86. The molecule has 1 fully saturated rings. The summed E-state index contributed by atoms with van der Waals surface area (Å²) < 4.78 is 32.8. The van der Waals surface area contributed by atoms with Crippen LogP contribution in [0.5, 0.6) is 0 Å². The van der Waals surface area contributed by atoms with Crippen molar-refractivity contribution in [2.45, 2.75) is 37.9 Å². The summed E-state index contributed by atoms with van der Waals surface area (Å²) >= 11 is 0. The summed E-state index contributed by atoms with van der Waals surface area (Å²) in [6.45, 7) is 8.80. The molecule has 0 radical (unpaired) electrons. The lowest BCUT2D eigenvalue weighted by molar-refractivity contribution is 0.0730. The summed E-state index contributed by atoms with van der Waals surface area (Å²) in [5, 5.41) is 0.120. The Morgan fingerprint density at radius 2 is 1.70 bits per heavy atom. The van der Waals surface area contributed by atoms with Crippen molar-refractivity contribution < 1.29 is 22.7 Å². The van der Waals surface area contributed by atoms with Crippen molar-refractivity contribution >= 4 is 40.2 Å². The Kier molecular flexibility index (Phi) is 4.99. The Bertz CT molecular complexity index is 1170. The number of fused-ring (bicyclic) bond motifs is 3. The van der Waals surface area contributed by atoms with Gasteiger partial charge in [0.1, 0.15) is 0 Å². The Labute approximate surface area is 176 Å². The highest BCUT2D eigenvalue weighted by Gasteiger charge is 2.41. The van der Waals surface area contributed by atoms with Gasteiger partial charge in [-0.05, 0) is 30.4 Å². The topological polar surface area (TPSA) is 96.9 Å². The molecule has 10 heteroatoms. The van der Waals surface area contributed by atoms with Crippen molar-refractivity contribution in [2.75, 3.05) is 26.3 Å². The predicted octanol–water partition coefficient (Wildman–Crippen LogP) is 1.73. The zero-order chi connectivity index (χ0) is 21.8. The molecule has 4 rings (SSSR count). The standard InChI is InChI=1S/C20H24BN3O5S/c1-12-16-17(19(26)24(18(16)25)21-20(2,3)4)14-11-13(5-6-15(14)22-12)30(27,28)23-7-9-29-10-8-23/h5-6,11,21H,7-10H2,1-4H3. The zero-order valence-corrected chi connectivity index (χ0v) is 18.4. The number of imide groups is 1. The zero-order valence-electron chi connectivity index (χ0n) is 17.6. The summed E-state index contributed by atoms with van der Waals surface area (Å²) in [5.74, 6) is -0.778. The van der Waals surface area contributed by atoms with Gasteiger partial charge in [0.25, 0.3) is 13.3 Å². The minimum Gasteiger partial charge on any atom is -0.379 e. The van der Waals surface area contributed by atoms with Crippen LogP contribution in [-0.2, 0) is 14.8 Å². The first-order valence-corrected chi connectivity index (χ1v) is 11.3. The fraction of sp³-hybridized carbons (Fsp3) is 0.450. The number of amides is 2. The average molecular weight is 429 g/mol. The number of rotatable bonds is 3. The van der Waals surface area contributed by atoms with Gasteiger partial charge in [0.05, 0.1) is 40.4 Å². The lowest BCUT2D eigenvalue weighted by atomic mass is 9.63. The molecule has 0 atom stereocenters. The molecule has 0 bridgehead atoms. The van der Waals surface area contributed by atoms with Crippen molar-refractivity contribution in [1.29, 1.82) is 0 Å². The summed E-state index contributed by atoms with van der Waals surface area (Å²) in [6.07, 6.45) is 0. The Morgan fingerprint density at radius 1 is 1.07 bits per heavy atom. The second kappa shape index (κ2) is 7.14. The summed E-state index contributed by atoms with van der Waals surface area (Å²) in [7, 11) is -3.47. The largest absolute Gasteiger partial charge is 0.379 e. The van der Waals surface area contributed by atoms with Crippen molar-refractivity contribution in [3.05, 3.63) is 35.0 Å². The van der Waals surface area contributed by atoms with E-state index >= 15 is 0 Å². The molecule has 1 saturated heterocycles. The third-order valence-electron chi connectivity index (χ3n) is 5.30. The predicted molar refractivity (Wildman–Crippen MR) is 113 cm³/mol. The number of hydrogen-bond acceptors (Lipinski definition) is 6. The van der Waals surface area contributed by atoms with Gasteiger partial charge < -0.3 is 9.55 Å². The van der Waals surface area contributed by atoms with Gasteiger partial charge in [-0.3, -0.25) is 14.6 Å². The lowest BCUT2D eigenvalue weighted by Crippen LogP contribution is -2.40. The molecule has 8 nitrogen and oxygen atoms in total. The van der Waals surface area contributed by atoms with Gasteiger partial charge in [0.15, 0.2) is 0 Å². The van der Waals surface area contributed by atoms with E-state index in [1.165, 1.54) is 21.2 Å². The van der Waals surface area contributed by atoms with E-state index in [0.29, 0.717) is 29.8 Å². The molecule has 2 aliphatic rings. The van der Waals surface area contributed by atoms with Crippen molar-refractivity contribution in [3.63, 3.8) is 0 Å². The molecule has 2 amide bonds. The SMILES string of the molecule is Cc1nc2ccc(S(=O)(=O)N3CCOCC3)cc2c2c1C(=O)N(BC(C)(C)C)C2=O. The van der Waals surface area contributed by atoms with E-state index in [0.717, 1.165) is 0 Å². The third kappa shape index (κ3) is 3.42. The van der Waals surface area contributed by atoms with Crippen LogP contribution in [-0.4, -0.2) is 68.0 Å². The van der Waals surface area contributed by atoms with Crippen LogP contribution in [0, 0.1) is 6.92 Å². The number of carbonyl (C=O) groups is 2. The van der Waals surface area contributed by atoms with Crippen molar-refractivity contribution in [2.24, 2.45) is 0 Å². The molecular weight excluding hydrogens is 405 g/mol. The first-order valence-electron chi connectivity index (χ1n) is 9.89. The van der Waals surface area contributed by atoms with Crippen molar-refractivity contribution in [3.8, 4) is 0 Å². The van der Waals surface area contributed by atoms with Gasteiger partial charge in [-0.25, -0.2) is 8.42 Å². The third-order valence-corrected chi connectivity index (χ3v) is 7.19.